The van der Waals surface area contributed by atoms with Crippen molar-refractivity contribution in [2.24, 2.45) is 0 Å². The minimum atomic E-state index is -3.84. The van der Waals surface area contributed by atoms with Gasteiger partial charge in [0.2, 0.25) is 0 Å². The second-order valence-electron chi connectivity index (χ2n) is 6.81. The number of sulfonamides is 1. The van der Waals surface area contributed by atoms with Crippen LogP contribution in [0.4, 0.5) is 11.4 Å². The Labute approximate surface area is 180 Å². The number of ether oxygens (including phenoxy) is 1. The number of methoxy groups -OCH3 is 1. The first-order valence-electron chi connectivity index (χ1n) is 9.04. The Morgan fingerprint density at radius 2 is 1.53 bits per heavy atom. The smallest absolute Gasteiger partial charge is 0.261 e. The van der Waals surface area contributed by atoms with E-state index in [1.54, 1.807) is 12.1 Å². The number of halogens is 1. The third-order valence-electron chi connectivity index (χ3n) is 4.31. The standard InChI is InChI=1S/C22H21ClN2O4S/c1-14-10-15(2)12-17(11-14)24-22(26)20-13-16(4-9-21(20)23)25-30(27,28)19-7-5-18(29-3)6-8-19/h4-13,25H,1-3H3,(H,24,26). The summed E-state index contributed by atoms with van der Waals surface area (Å²) in [5.74, 6) is 0.112. The number of hydrogen-bond donors (Lipinski definition) is 2. The highest BCUT2D eigenvalue weighted by Crippen LogP contribution is 2.25. The summed E-state index contributed by atoms with van der Waals surface area (Å²) in [6.45, 7) is 3.87. The van der Waals surface area contributed by atoms with Crippen LogP contribution < -0.4 is 14.8 Å². The molecule has 0 aliphatic rings. The number of carbonyl (C=O) groups is 1. The van der Waals surface area contributed by atoms with Gasteiger partial charge in [-0.25, -0.2) is 8.42 Å². The zero-order valence-electron chi connectivity index (χ0n) is 16.7. The van der Waals surface area contributed by atoms with Crippen LogP contribution >= 0.6 is 11.6 Å². The summed E-state index contributed by atoms with van der Waals surface area (Å²) in [6.07, 6.45) is 0. The highest BCUT2D eigenvalue weighted by molar-refractivity contribution is 7.92. The van der Waals surface area contributed by atoms with Gasteiger partial charge in [0.25, 0.3) is 15.9 Å². The van der Waals surface area contributed by atoms with Crippen LogP contribution in [-0.4, -0.2) is 21.4 Å². The number of rotatable bonds is 6. The molecule has 6 nitrogen and oxygen atoms in total. The molecule has 1 amide bonds. The maximum absolute atomic E-state index is 12.7. The molecule has 2 N–H and O–H groups in total. The molecule has 0 unspecified atom stereocenters. The van der Waals surface area contributed by atoms with Crippen LogP contribution in [0, 0.1) is 13.8 Å². The Morgan fingerprint density at radius 1 is 0.900 bits per heavy atom. The molecule has 0 heterocycles. The van der Waals surface area contributed by atoms with Crippen molar-refractivity contribution in [3.05, 3.63) is 82.4 Å². The average Bonchev–Trinajstić information content (AvgIpc) is 2.68. The normalized spacial score (nSPS) is 11.1. The van der Waals surface area contributed by atoms with Crippen molar-refractivity contribution in [1.29, 1.82) is 0 Å². The average molecular weight is 445 g/mol. The number of carbonyl (C=O) groups excluding carboxylic acids is 1. The predicted molar refractivity (Wildman–Crippen MR) is 119 cm³/mol. The van der Waals surface area contributed by atoms with Crippen LogP contribution in [0.3, 0.4) is 0 Å². The van der Waals surface area contributed by atoms with Crippen LogP contribution in [0.15, 0.2) is 65.6 Å². The van der Waals surface area contributed by atoms with Gasteiger partial charge in [0.15, 0.2) is 0 Å². The SMILES string of the molecule is COc1ccc(S(=O)(=O)Nc2ccc(Cl)c(C(=O)Nc3cc(C)cc(C)c3)c2)cc1. The molecule has 3 aromatic carbocycles. The van der Waals surface area contributed by atoms with Gasteiger partial charge in [0.05, 0.1) is 22.6 Å². The van der Waals surface area contributed by atoms with Gasteiger partial charge in [-0.15, -0.1) is 0 Å². The maximum atomic E-state index is 12.7. The summed E-state index contributed by atoms with van der Waals surface area (Å²) in [5, 5.41) is 3.01. The molecule has 0 saturated carbocycles. The van der Waals surface area contributed by atoms with Crippen LogP contribution in [-0.2, 0) is 10.0 Å². The van der Waals surface area contributed by atoms with Gasteiger partial charge in [0.1, 0.15) is 5.75 Å². The lowest BCUT2D eigenvalue weighted by molar-refractivity contribution is 0.102. The molecule has 156 valence electrons. The number of anilines is 2. The summed E-state index contributed by atoms with van der Waals surface area (Å²) >= 11 is 6.19. The topological polar surface area (TPSA) is 84.5 Å². The summed E-state index contributed by atoms with van der Waals surface area (Å²) in [4.78, 5) is 12.8. The van der Waals surface area contributed by atoms with Crippen molar-refractivity contribution in [3.8, 4) is 5.75 Å². The van der Waals surface area contributed by atoms with E-state index < -0.39 is 15.9 Å². The van der Waals surface area contributed by atoms with E-state index >= 15 is 0 Å². The lowest BCUT2D eigenvalue weighted by atomic mass is 10.1. The summed E-state index contributed by atoms with van der Waals surface area (Å²) in [5.41, 5.74) is 3.04. The first-order chi connectivity index (χ1) is 14.2. The Balaban J connectivity index is 1.84. The van der Waals surface area contributed by atoms with E-state index in [0.29, 0.717) is 11.4 Å². The Kier molecular flexibility index (Phi) is 6.34. The molecule has 0 atom stereocenters. The van der Waals surface area contributed by atoms with Crippen LogP contribution in [0.5, 0.6) is 5.75 Å². The number of amides is 1. The molecule has 3 rings (SSSR count). The molecule has 0 aliphatic carbocycles. The minimum Gasteiger partial charge on any atom is -0.497 e. The second kappa shape index (κ2) is 8.77. The quantitative estimate of drug-likeness (QED) is 0.559. The molecular formula is C22H21ClN2O4S. The fraction of sp³-hybridized carbons (Fsp3) is 0.136. The molecule has 8 heteroatoms. The molecule has 0 fully saturated rings. The molecule has 3 aromatic rings. The van der Waals surface area contributed by atoms with Crippen molar-refractivity contribution in [2.75, 3.05) is 17.1 Å². The number of nitrogens with one attached hydrogen (secondary N) is 2. The molecular weight excluding hydrogens is 424 g/mol. The number of hydrogen-bond acceptors (Lipinski definition) is 4. The Bertz CT molecular complexity index is 1170. The zero-order chi connectivity index (χ0) is 21.9. The third-order valence-corrected chi connectivity index (χ3v) is 6.04. The van der Waals surface area contributed by atoms with E-state index in [0.717, 1.165) is 11.1 Å². The van der Waals surface area contributed by atoms with Crippen LogP contribution in [0.1, 0.15) is 21.5 Å². The van der Waals surface area contributed by atoms with E-state index in [9.17, 15) is 13.2 Å². The molecule has 0 aliphatic heterocycles. The Hall–Kier alpha value is -3.03. The summed E-state index contributed by atoms with van der Waals surface area (Å²) in [7, 11) is -2.34. The lowest BCUT2D eigenvalue weighted by Gasteiger charge is -2.12. The van der Waals surface area contributed by atoms with Gasteiger partial charge in [-0.3, -0.25) is 9.52 Å². The van der Waals surface area contributed by atoms with Crippen LogP contribution in [0.25, 0.3) is 0 Å². The van der Waals surface area contributed by atoms with Gasteiger partial charge in [0, 0.05) is 11.4 Å². The fourth-order valence-electron chi connectivity index (χ4n) is 2.98. The zero-order valence-corrected chi connectivity index (χ0v) is 18.3. The second-order valence-corrected chi connectivity index (χ2v) is 8.90. The summed E-state index contributed by atoms with van der Waals surface area (Å²) in [6, 6.07) is 16.0. The monoisotopic (exact) mass is 444 g/mol. The Morgan fingerprint density at radius 3 is 2.13 bits per heavy atom. The molecule has 0 spiro atoms. The van der Waals surface area contributed by atoms with E-state index in [-0.39, 0.29) is 21.2 Å². The van der Waals surface area contributed by atoms with Crippen molar-refractivity contribution in [3.63, 3.8) is 0 Å². The minimum absolute atomic E-state index is 0.0690. The summed E-state index contributed by atoms with van der Waals surface area (Å²) < 4.78 is 32.8. The fourth-order valence-corrected chi connectivity index (χ4v) is 4.23. The van der Waals surface area contributed by atoms with Crippen molar-refractivity contribution < 1.29 is 17.9 Å². The van der Waals surface area contributed by atoms with Crippen molar-refractivity contribution >= 4 is 38.9 Å². The predicted octanol–water partition coefficient (Wildman–Crippen LogP) is 5.02. The van der Waals surface area contributed by atoms with Crippen LogP contribution in [0.2, 0.25) is 5.02 Å². The van der Waals surface area contributed by atoms with Gasteiger partial charge < -0.3 is 10.1 Å². The maximum Gasteiger partial charge on any atom is 0.261 e. The third kappa shape index (κ3) is 5.11. The van der Waals surface area contributed by atoms with Gasteiger partial charge in [-0.05, 0) is 79.6 Å². The van der Waals surface area contributed by atoms with Gasteiger partial charge >= 0.3 is 0 Å². The molecule has 0 aromatic heterocycles. The van der Waals surface area contributed by atoms with Crippen molar-refractivity contribution in [2.45, 2.75) is 18.7 Å². The van der Waals surface area contributed by atoms with Gasteiger partial charge in [-0.2, -0.15) is 0 Å². The van der Waals surface area contributed by atoms with Gasteiger partial charge in [-0.1, -0.05) is 17.7 Å². The first-order valence-corrected chi connectivity index (χ1v) is 10.9. The lowest BCUT2D eigenvalue weighted by Crippen LogP contribution is -2.15. The van der Waals surface area contributed by atoms with E-state index in [1.165, 1.54) is 37.4 Å². The van der Waals surface area contributed by atoms with E-state index in [2.05, 4.69) is 10.0 Å². The molecule has 0 bridgehead atoms. The largest absolute Gasteiger partial charge is 0.497 e. The highest BCUT2D eigenvalue weighted by Gasteiger charge is 2.17. The molecule has 0 radical (unpaired) electrons. The van der Waals surface area contributed by atoms with E-state index in [4.69, 9.17) is 16.3 Å². The van der Waals surface area contributed by atoms with E-state index in [1.807, 2.05) is 32.0 Å². The number of benzene rings is 3. The highest BCUT2D eigenvalue weighted by atomic mass is 35.5. The first kappa shape index (κ1) is 21.7. The molecule has 0 saturated heterocycles. The van der Waals surface area contributed by atoms with Crippen molar-refractivity contribution in [1.82, 2.24) is 0 Å². The molecule has 30 heavy (non-hydrogen) atoms. The number of aryl methyl sites for hydroxylation is 2.